The van der Waals surface area contributed by atoms with E-state index >= 15 is 0 Å². The number of hydrogen-bond acceptors (Lipinski definition) is 2. The Bertz CT molecular complexity index is 368. The van der Waals surface area contributed by atoms with E-state index in [-0.39, 0.29) is 5.92 Å². The van der Waals surface area contributed by atoms with E-state index in [1.54, 1.807) is 6.33 Å². The van der Waals surface area contributed by atoms with Gasteiger partial charge in [0.05, 0.1) is 24.3 Å². The number of carbonyl (C=O) groups excluding carboxylic acids is 1. The topological polar surface area (TPSA) is 49.0 Å². The smallest absolute Gasteiger partial charge is 0.226 e. The Hall–Kier alpha value is -1.32. The standard InChI is InChI=1S/C12H19N3O/c1-3-9(4-2)12(16)15-6-5-10-11(7-15)14-8-13-10/h8-9H,3-7H2,1-2H3,(H,13,14). The zero-order chi connectivity index (χ0) is 11.5. The molecule has 0 atom stereocenters. The van der Waals surface area contributed by atoms with Crippen LogP contribution >= 0.6 is 0 Å². The molecule has 2 heterocycles. The number of nitrogens with zero attached hydrogens (tertiary/aromatic N) is 2. The lowest BCUT2D eigenvalue weighted by atomic mass is 10.0. The van der Waals surface area contributed by atoms with E-state index in [0.717, 1.165) is 37.2 Å². The first-order valence-corrected chi connectivity index (χ1v) is 6.06. The largest absolute Gasteiger partial charge is 0.347 e. The van der Waals surface area contributed by atoms with Gasteiger partial charge in [0, 0.05) is 18.9 Å². The van der Waals surface area contributed by atoms with Crippen molar-refractivity contribution in [3.8, 4) is 0 Å². The summed E-state index contributed by atoms with van der Waals surface area (Å²) >= 11 is 0. The lowest BCUT2D eigenvalue weighted by molar-refractivity contribution is -0.136. The Morgan fingerprint density at radius 2 is 2.31 bits per heavy atom. The number of amides is 1. The van der Waals surface area contributed by atoms with Gasteiger partial charge in [-0.25, -0.2) is 4.98 Å². The van der Waals surface area contributed by atoms with Gasteiger partial charge in [0.15, 0.2) is 0 Å². The molecular weight excluding hydrogens is 202 g/mol. The summed E-state index contributed by atoms with van der Waals surface area (Å²) in [5, 5.41) is 0. The first-order chi connectivity index (χ1) is 7.76. The lowest BCUT2D eigenvalue weighted by Gasteiger charge is -2.29. The first-order valence-electron chi connectivity index (χ1n) is 6.06. The van der Waals surface area contributed by atoms with Gasteiger partial charge in [-0.2, -0.15) is 0 Å². The highest BCUT2D eigenvalue weighted by Crippen LogP contribution is 2.19. The summed E-state index contributed by atoms with van der Waals surface area (Å²) in [6.07, 6.45) is 4.46. The molecule has 0 saturated heterocycles. The van der Waals surface area contributed by atoms with Crippen molar-refractivity contribution in [2.24, 2.45) is 5.92 Å². The molecular formula is C12H19N3O. The number of nitrogens with one attached hydrogen (secondary N) is 1. The molecule has 0 radical (unpaired) electrons. The number of H-pyrrole nitrogens is 1. The molecule has 16 heavy (non-hydrogen) atoms. The fraction of sp³-hybridized carbons (Fsp3) is 0.667. The predicted molar refractivity (Wildman–Crippen MR) is 61.8 cm³/mol. The van der Waals surface area contributed by atoms with Crippen LogP contribution in [0.2, 0.25) is 0 Å². The molecule has 0 spiro atoms. The van der Waals surface area contributed by atoms with Gasteiger partial charge in [-0.15, -0.1) is 0 Å². The summed E-state index contributed by atoms with van der Waals surface area (Å²) in [5.74, 6) is 0.481. The molecule has 4 nitrogen and oxygen atoms in total. The van der Waals surface area contributed by atoms with Crippen LogP contribution in [-0.4, -0.2) is 27.3 Å². The molecule has 88 valence electrons. The van der Waals surface area contributed by atoms with Crippen LogP contribution < -0.4 is 0 Å². The van der Waals surface area contributed by atoms with E-state index in [1.807, 2.05) is 4.90 Å². The average Bonchev–Trinajstić information content (AvgIpc) is 2.77. The Morgan fingerprint density at radius 3 is 3.00 bits per heavy atom. The highest BCUT2D eigenvalue weighted by atomic mass is 16.2. The molecule has 0 unspecified atom stereocenters. The molecule has 1 N–H and O–H groups in total. The Labute approximate surface area is 96.1 Å². The van der Waals surface area contributed by atoms with Gasteiger partial charge in [0.2, 0.25) is 5.91 Å². The van der Waals surface area contributed by atoms with Gasteiger partial charge in [-0.3, -0.25) is 4.79 Å². The molecule has 4 heteroatoms. The molecule has 1 aromatic rings. The van der Waals surface area contributed by atoms with Crippen molar-refractivity contribution >= 4 is 5.91 Å². The van der Waals surface area contributed by atoms with Gasteiger partial charge < -0.3 is 9.88 Å². The van der Waals surface area contributed by atoms with E-state index in [1.165, 1.54) is 0 Å². The molecule has 0 bridgehead atoms. The van der Waals surface area contributed by atoms with Gasteiger partial charge >= 0.3 is 0 Å². The molecule has 0 aliphatic carbocycles. The minimum Gasteiger partial charge on any atom is -0.347 e. The number of hydrogen-bond donors (Lipinski definition) is 1. The Balaban J connectivity index is 2.05. The summed E-state index contributed by atoms with van der Waals surface area (Å²) in [6, 6.07) is 0. The maximum absolute atomic E-state index is 12.2. The summed E-state index contributed by atoms with van der Waals surface area (Å²) < 4.78 is 0. The highest BCUT2D eigenvalue weighted by Gasteiger charge is 2.26. The van der Waals surface area contributed by atoms with Crippen LogP contribution in [-0.2, 0) is 17.8 Å². The lowest BCUT2D eigenvalue weighted by Crippen LogP contribution is -2.39. The number of fused-ring (bicyclic) bond motifs is 1. The second kappa shape index (κ2) is 4.68. The van der Waals surface area contributed by atoms with Crippen molar-refractivity contribution in [3.05, 3.63) is 17.7 Å². The van der Waals surface area contributed by atoms with E-state index in [0.29, 0.717) is 12.5 Å². The van der Waals surface area contributed by atoms with Gasteiger partial charge in [0.1, 0.15) is 0 Å². The van der Waals surface area contributed by atoms with Crippen molar-refractivity contribution in [2.75, 3.05) is 6.54 Å². The first kappa shape index (κ1) is 11.2. The molecule has 1 aromatic heterocycles. The quantitative estimate of drug-likeness (QED) is 0.845. The Kier molecular flexibility index (Phi) is 3.27. The maximum Gasteiger partial charge on any atom is 0.226 e. The number of carbonyl (C=O) groups is 1. The van der Waals surface area contributed by atoms with Crippen LogP contribution in [0.4, 0.5) is 0 Å². The monoisotopic (exact) mass is 221 g/mol. The summed E-state index contributed by atoms with van der Waals surface area (Å²) in [4.78, 5) is 21.5. The second-order valence-corrected chi connectivity index (χ2v) is 4.35. The molecule has 0 fully saturated rings. The number of rotatable bonds is 3. The van der Waals surface area contributed by atoms with Crippen LogP contribution in [0.5, 0.6) is 0 Å². The maximum atomic E-state index is 12.2. The van der Waals surface area contributed by atoms with Crippen LogP contribution in [0.1, 0.15) is 38.1 Å². The third-order valence-electron chi connectivity index (χ3n) is 3.42. The van der Waals surface area contributed by atoms with Crippen LogP contribution in [0, 0.1) is 5.92 Å². The van der Waals surface area contributed by atoms with Crippen LogP contribution in [0.25, 0.3) is 0 Å². The molecule has 0 saturated carbocycles. The predicted octanol–water partition coefficient (Wildman–Crippen LogP) is 1.73. The zero-order valence-corrected chi connectivity index (χ0v) is 9.99. The third-order valence-corrected chi connectivity index (χ3v) is 3.42. The fourth-order valence-electron chi connectivity index (χ4n) is 2.30. The van der Waals surface area contributed by atoms with Crippen molar-refractivity contribution in [1.29, 1.82) is 0 Å². The number of aromatic amines is 1. The fourth-order valence-corrected chi connectivity index (χ4v) is 2.30. The highest BCUT2D eigenvalue weighted by molar-refractivity contribution is 5.78. The normalized spacial score (nSPS) is 15.3. The summed E-state index contributed by atoms with van der Waals surface area (Å²) in [5.41, 5.74) is 2.22. The average molecular weight is 221 g/mol. The second-order valence-electron chi connectivity index (χ2n) is 4.35. The Morgan fingerprint density at radius 1 is 1.56 bits per heavy atom. The van der Waals surface area contributed by atoms with Crippen molar-refractivity contribution < 1.29 is 4.79 Å². The van der Waals surface area contributed by atoms with Crippen molar-refractivity contribution in [1.82, 2.24) is 14.9 Å². The van der Waals surface area contributed by atoms with E-state index in [2.05, 4.69) is 23.8 Å². The number of aromatic nitrogens is 2. The van der Waals surface area contributed by atoms with Crippen molar-refractivity contribution in [3.63, 3.8) is 0 Å². The van der Waals surface area contributed by atoms with Crippen LogP contribution in [0.3, 0.4) is 0 Å². The molecule has 1 aliphatic rings. The third kappa shape index (κ3) is 1.96. The SMILES string of the molecule is CCC(CC)C(=O)N1CCc2nc[nH]c2C1. The van der Waals surface area contributed by atoms with Gasteiger partial charge in [-0.05, 0) is 12.8 Å². The minimum atomic E-state index is 0.185. The zero-order valence-electron chi connectivity index (χ0n) is 9.99. The molecule has 0 aromatic carbocycles. The van der Waals surface area contributed by atoms with E-state index in [9.17, 15) is 4.79 Å². The van der Waals surface area contributed by atoms with Crippen LogP contribution in [0.15, 0.2) is 6.33 Å². The van der Waals surface area contributed by atoms with Gasteiger partial charge in [-0.1, -0.05) is 13.8 Å². The summed E-state index contributed by atoms with van der Waals surface area (Å²) in [6.45, 7) is 5.67. The molecule has 1 amide bonds. The number of imidazole rings is 1. The van der Waals surface area contributed by atoms with Crippen molar-refractivity contribution in [2.45, 2.75) is 39.7 Å². The molecule has 2 rings (SSSR count). The van der Waals surface area contributed by atoms with E-state index in [4.69, 9.17) is 0 Å². The van der Waals surface area contributed by atoms with Gasteiger partial charge in [0.25, 0.3) is 0 Å². The van der Waals surface area contributed by atoms with E-state index < -0.39 is 0 Å². The molecule has 1 aliphatic heterocycles. The minimum absolute atomic E-state index is 0.185. The summed E-state index contributed by atoms with van der Waals surface area (Å²) in [7, 11) is 0.